The van der Waals surface area contributed by atoms with Crippen molar-refractivity contribution < 1.29 is 28.2 Å². The van der Waals surface area contributed by atoms with E-state index in [9.17, 15) is 23.5 Å². The quantitative estimate of drug-likeness (QED) is 0.240. The predicted molar refractivity (Wildman–Crippen MR) is 124 cm³/mol. The fourth-order valence-corrected chi connectivity index (χ4v) is 6.07. The van der Waals surface area contributed by atoms with E-state index in [-0.39, 0.29) is 22.0 Å². The number of anilines is 1. The number of thiophene rings is 1. The van der Waals surface area contributed by atoms with Crippen LogP contribution < -0.4 is 9.64 Å². The normalized spacial score (nSPS) is 19.1. The van der Waals surface area contributed by atoms with Crippen molar-refractivity contribution in [2.24, 2.45) is 0 Å². The number of amides is 1. The number of benzene rings is 2. The molecule has 1 saturated heterocycles. The first-order valence-corrected chi connectivity index (χ1v) is 12.0. The van der Waals surface area contributed by atoms with Crippen LogP contribution in [0.15, 0.2) is 53.4 Å². The number of fused-ring (bicyclic) bond motifs is 2. The van der Waals surface area contributed by atoms with E-state index in [2.05, 4.69) is 4.98 Å². The molecule has 4 heterocycles. The van der Waals surface area contributed by atoms with E-state index >= 15 is 0 Å². The van der Waals surface area contributed by atoms with Crippen molar-refractivity contribution in [3.05, 3.63) is 81.1 Å². The Balaban J connectivity index is 1.53. The average Bonchev–Trinajstić information content (AvgIpc) is 3.60. The lowest BCUT2D eigenvalue weighted by molar-refractivity contribution is -0.132. The molecule has 1 N–H and O–H groups in total. The zero-order valence-electron chi connectivity index (χ0n) is 17.2. The van der Waals surface area contributed by atoms with Gasteiger partial charge in [0.15, 0.2) is 16.8 Å². The Hall–Kier alpha value is -3.63. The van der Waals surface area contributed by atoms with Gasteiger partial charge in [-0.3, -0.25) is 14.5 Å². The first kappa shape index (κ1) is 20.9. The van der Waals surface area contributed by atoms with Crippen molar-refractivity contribution in [2.45, 2.75) is 12.5 Å². The summed E-state index contributed by atoms with van der Waals surface area (Å²) < 4.78 is 33.3. The highest BCUT2D eigenvalue weighted by molar-refractivity contribution is 7.22. The van der Waals surface area contributed by atoms with Crippen molar-refractivity contribution in [2.75, 3.05) is 11.5 Å². The van der Waals surface area contributed by atoms with Gasteiger partial charge >= 0.3 is 5.91 Å². The molecule has 2 aliphatic rings. The standard InChI is InChI=1S/C24H14F2N2O4S2/c25-13-9-15-18(10-14(13)26)34-24(27-15)28-20(17-2-1-7-33-17)19(22(30)23(28)31)21(29)12-3-4-16-11(8-12)5-6-32-16/h1-4,7-10,20,29H,5-6H2/b21-19+. The Kier molecular flexibility index (Phi) is 4.75. The Morgan fingerprint density at radius 3 is 2.76 bits per heavy atom. The molecule has 0 spiro atoms. The number of nitrogens with zero attached hydrogens (tertiary/aromatic N) is 2. The highest BCUT2D eigenvalue weighted by Gasteiger charge is 2.48. The lowest BCUT2D eigenvalue weighted by Gasteiger charge is -2.21. The second kappa shape index (κ2) is 7.71. The van der Waals surface area contributed by atoms with E-state index in [4.69, 9.17) is 4.74 Å². The molecule has 34 heavy (non-hydrogen) atoms. The SMILES string of the molecule is O=C1C(=O)N(c2nc3cc(F)c(F)cc3s2)C(c2cccs2)/C1=C(\O)c1ccc2c(c1)CCO2. The average molecular weight is 497 g/mol. The predicted octanol–water partition coefficient (Wildman–Crippen LogP) is 5.20. The molecule has 6 nitrogen and oxygen atoms in total. The van der Waals surface area contributed by atoms with Crippen molar-refractivity contribution in [3.63, 3.8) is 0 Å². The van der Waals surface area contributed by atoms with Crippen LogP contribution in [0.25, 0.3) is 16.0 Å². The topological polar surface area (TPSA) is 79.7 Å². The molecular formula is C24H14F2N2O4S2. The second-order valence-electron chi connectivity index (χ2n) is 7.84. The molecule has 4 aromatic rings. The van der Waals surface area contributed by atoms with E-state index in [1.165, 1.54) is 16.2 Å². The molecule has 2 aromatic carbocycles. The Labute approximate surface area is 199 Å². The molecule has 0 radical (unpaired) electrons. The van der Waals surface area contributed by atoms with Gasteiger partial charge in [0, 0.05) is 22.9 Å². The molecule has 6 rings (SSSR count). The molecule has 0 saturated carbocycles. The zero-order chi connectivity index (χ0) is 23.6. The van der Waals surface area contributed by atoms with E-state index in [0.29, 0.717) is 28.2 Å². The second-order valence-corrected chi connectivity index (χ2v) is 9.82. The summed E-state index contributed by atoms with van der Waals surface area (Å²) in [6.45, 7) is 0.540. The van der Waals surface area contributed by atoms with Gasteiger partial charge in [-0.15, -0.1) is 11.3 Å². The van der Waals surface area contributed by atoms with Gasteiger partial charge in [0.1, 0.15) is 17.6 Å². The van der Waals surface area contributed by atoms with E-state index < -0.39 is 29.4 Å². The van der Waals surface area contributed by atoms with Crippen LogP contribution in [0.5, 0.6) is 5.75 Å². The number of aliphatic hydroxyl groups excluding tert-OH is 1. The fourth-order valence-electron chi connectivity index (χ4n) is 4.25. The number of rotatable bonds is 3. The largest absolute Gasteiger partial charge is 0.507 e. The fraction of sp³-hybridized carbons (Fsp3) is 0.125. The summed E-state index contributed by atoms with van der Waals surface area (Å²) in [7, 11) is 0. The summed E-state index contributed by atoms with van der Waals surface area (Å²) in [6.07, 6.45) is 0.679. The molecule has 0 bridgehead atoms. The highest BCUT2D eigenvalue weighted by atomic mass is 32.1. The summed E-state index contributed by atoms with van der Waals surface area (Å²) in [5, 5.41) is 13.1. The van der Waals surface area contributed by atoms with Crippen molar-refractivity contribution in [1.82, 2.24) is 4.98 Å². The van der Waals surface area contributed by atoms with Gasteiger partial charge in [0.05, 0.1) is 22.4 Å². The summed E-state index contributed by atoms with van der Waals surface area (Å²) >= 11 is 2.29. The van der Waals surface area contributed by atoms with Crippen molar-refractivity contribution in [1.29, 1.82) is 0 Å². The smallest absolute Gasteiger partial charge is 0.301 e. The van der Waals surface area contributed by atoms with Crippen LogP contribution >= 0.6 is 22.7 Å². The molecule has 10 heteroatoms. The lowest BCUT2D eigenvalue weighted by Crippen LogP contribution is -2.28. The number of carbonyl (C=O) groups is 2. The molecule has 1 amide bonds. The third kappa shape index (κ3) is 3.13. The van der Waals surface area contributed by atoms with Crippen LogP contribution in [0.1, 0.15) is 22.0 Å². The van der Waals surface area contributed by atoms with Gasteiger partial charge in [-0.25, -0.2) is 13.8 Å². The minimum Gasteiger partial charge on any atom is -0.507 e. The van der Waals surface area contributed by atoms with Crippen molar-refractivity contribution in [3.8, 4) is 5.75 Å². The van der Waals surface area contributed by atoms with Crippen LogP contribution in [-0.4, -0.2) is 28.4 Å². The van der Waals surface area contributed by atoms with Crippen LogP contribution in [0.3, 0.4) is 0 Å². The molecule has 2 aromatic heterocycles. The molecule has 2 aliphatic heterocycles. The number of hydrogen-bond donors (Lipinski definition) is 1. The molecule has 170 valence electrons. The number of thiazole rings is 1. The highest BCUT2D eigenvalue weighted by Crippen LogP contribution is 2.46. The third-order valence-corrected chi connectivity index (χ3v) is 7.79. The maximum absolute atomic E-state index is 13.7. The number of aliphatic hydroxyl groups is 1. The van der Waals surface area contributed by atoms with E-state index in [1.807, 2.05) is 0 Å². The Morgan fingerprint density at radius 1 is 1.15 bits per heavy atom. The zero-order valence-corrected chi connectivity index (χ0v) is 18.9. The Bertz CT molecular complexity index is 1490. The van der Waals surface area contributed by atoms with Gasteiger partial charge in [-0.2, -0.15) is 0 Å². The van der Waals surface area contributed by atoms with Gasteiger partial charge in [-0.1, -0.05) is 17.4 Å². The maximum Gasteiger partial charge on any atom is 0.301 e. The monoisotopic (exact) mass is 496 g/mol. The van der Waals surface area contributed by atoms with Gasteiger partial charge in [0.25, 0.3) is 5.78 Å². The first-order valence-electron chi connectivity index (χ1n) is 10.3. The van der Waals surface area contributed by atoms with E-state index in [1.54, 1.807) is 35.7 Å². The van der Waals surface area contributed by atoms with Gasteiger partial charge in [-0.05, 0) is 41.3 Å². The molecule has 0 aliphatic carbocycles. The number of ketones is 1. The minimum absolute atomic E-state index is 0.0667. The number of aromatic nitrogens is 1. The molecule has 1 atom stereocenters. The number of hydrogen-bond acceptors (Lipinski definition) is 7. The number of ether oxygens (including phenoxy) is 1. The van der Waals surface area contributed by atoms with Crippen LogP contribution in [0.2, 0.25) is 0 Å². The third-order valence-electron chi connectivity index (χ3n) is 5.85. The van der Waals surface area contributed by atoms with Crippen LogP contribution in [-0.2, 0) is 16.0 Å². The van der Waals surface area contributed by atoms with E-state index in [0.717, 1.165) is 34.8 Å². The summed E-state index contributed by atoms with van der Waals surface area (Å²) in [6, 6.07) is 9.68. The van der Waals surface area contributed by atoms with Gasteiger partial charge in [0.2, 0.25) is 0 Å². The summed E-state index contributed by atoms with van der Waals surface area (Å²) in [5.41, 5.74) is 1.41. The summed E-state index contributed by atoms with van der Waals surface area (Å²) in [5.74, 6) is -3.39. The van der Waals surface area contributed by atoms with Crippen LogP contribution in [0.4, 0.5) is 13.9 Å². The van der Waals surface area contributed by atoms with Gasteiger partial charge < -0.3 is 9.84 Å². The molecule has 1 unspecified atom stereocenters. The van der Waals surface area contributed by atoms with Crippen LogP contribution in [0, 0.1) is 11.6 Å². The molecular weight excluding hydrogens is 482 g/mol. The Morgan fingerprint density at radius 2 is 1.97 bits per heavy atom. The number of carbonyl (C=O) groups excluding carboxylic acids is 2. The number of Topliss-reactive ketones (excluding diaryl/α,β-unsaturated/α-hetero) is 1. The molecule has 1 fully saturated rings. The first-order chi connectivity index (χ1) is 16.4. The maximum atomic E-state index is 13.7. The summed E-state index contributed by atoms with van der Waals surface area (Å²) in [4.78, 5) is 32.5. The lowest BCUT2D eigenvalue weighted by atomic mass is 9.98. The minimum atomic E-state index is -1.05. The number of halogens is 2. The van der Waals surface area contributed by atoms with Crippen molar-refractivity contribution >= 4 is 55.5 Å².